The molecule has 2 aromatic carbocycles. The van der Waals surface area contributed by atoms with Gasteiger partial charge in [-0.1, -0.05) is 48.6 Å². The van der Waals surface area contributed by atoms with E-state index in [9.17, 15) is 9.90 Å². The molecule has 0 aromatic heterocycles. The minimum Gasteiger partial charge on any atom is -0.507 e. The van der Waals surface area contributed by atoms with Gasteiger partial charge in [0.2, 0.25) is 0 Å². The summed E-state index contributed by atoms with van der Waals surface area (Å²) < 4.78 is 0. The number of hydrogen-bond acceptors (Lipinski definition) is 3. The lowest BCUT2D eigenvalue weighted by Gasteiger charge is -2.04. The largest absolute Gasteiger partial charge is 0.507 e. The van der Waals surface area contributed by atoms with Crippen LogP contribution in [0, 0.1) is 0 Å². The molecule has 0 aliphatic rings. The van der Waals surface area contributed by atoms with Gasteiger partial charge in [0.1, 0.15) is 5.75 Å². The van der Waals surface area contributed by atoms with Crippen LogP contribution in [0.3, 0.4) is 0 Å². The van der Waals surface area contributed by atoms with Crippen molar-refractivity contribution in [2.75, 3.05) is 0 Å². The van der Waals surface area contributed by atoms with E-state index in [0.717, 1.165) is 5.56 Å². The molecule has 4 heteroatoms. The Morgan fingerprint density at radius 1 is 1.00 bits per heavy atom. The van der Waals surface area contributed by atoms with Crippen LogP contribution in [0.4, 0.5) is 0 Å². The second kappa shape index (κ2) is 5.84. The van der Waals surface area contributed by atoms with Crippen molar-refractivity contribution in [1.29, 1.82) is 0 Å². The predicted molar refractivity (Wildman–Crippen MR) is 75.1 cm³/mol. The van der Waals surface area contributed by atoms with E-state index in [1.54, 1.807) is 48.6 Å². The predicted octanol–water partition coefficient (Wildman–Crippen LogP) is 2.17. The van der Waals surface area contributed by atoms with Crippen molar-refractivity contribution in [3.8, 4) is 5.75 Å². The number of para-hydroxylation sites is 1. The Morgan fingerprint density at radius 3 is 2.26 bits per heavy atom. The summed E-state index contributed by atoms with van der Waals surface area (Å²) in [6.45, 7) is 0. The molecule has 2 aromatic rings. The topological polar surface area (TPSA) is 75.3 Å². The van der Waals surface area contributed by atoms with Crippen molar-refractivity contribution in [1.82, 2.24) is 5.43 Å². The van der Waals surface area contributed by atoms with Gasteiger partial charge in [-0.05, 0) is 17.7 Å². The molecule has 2 rings (SSSR count). The fourth-order valence-electron chi connectivity index (χ4n) is 1.73. The van der Waals surface area contributed by atoms with Crippen LogP contribution in [0.5, 0.6) is 5.75 Å². The summed E-state index contributed by atoms with van der Waals surface area (Å²) in [5.41, 5.74) is 4.01. The minimum absolute atomic E-state index is 0.194. The molecule has 0 saturated heterocycles. The van der Waals surface area contributed by atoms with E-state index in [2.05, 4.69) is 5.43 Å². The summed E-state index contributed by atoms with van der Waals surface area (Å²) in [7, 11) is 0. The number of benzene rings is 2. The number of hydrogen-bond donors (Lipinski definition) is 3. The molecule has 0 radical (unpaired) electrons. The van der Waals surface area contributed by atoms with Crippen molar-refractivity contribution < 1.29 is 9.90 Å². The van der Waals surface area contributed by atoms with Crippen molar-refractivity contribution in [3.63, 3.8) is 0 Å². The summed E-state index contributed by atoms with van der Waals surface area (Å²) in [5.74, 6) is 4.99. The molecule has 96 valence electrons. The summed E-state index contributed by atoms with van der Waals surface area (Å²) in [6.07, 6.45) is 3.51. The first-order valence-electron chi connectivity index (χ1n) is 5.78. The molecule has 0 saturated carbocycles. The van der Waals surface area contributed by atoms with E-state index in [1.165, 1.54) is 0 Å². The first-order chi connectivity index (χ1) is 9.22. The molecule has 0 heterocycles. The highest BCUT2D eigenvalue weighted by Gasteiger charge is 2.06. The average molecular weight is 254 g/mol. The van der Waals surface area contributed by atoms with Gasteiger partial charge in [0.15, 0.2) is 0 Å². The van der Waals surface area contributed by atoms with Crippen LogP contribution in [0.2, 0.25) is 0 Å². The molecular weight excluding hydrogens is 240 g/mol. The van der Waals surface area contributed by atoms with Crippen LogP contribution in [0.15, 0.2) is 48.5 Å². The van der Waals surface area contributed by atoms with Crippen LogP contribution in [0.25, 0.3) is 12.2 Å². The van der Waals surface area contributed by atoms with Gasteiger partial charge >= 0.3 is 0 Å². The highest BCUT2D eigenvalue weighted by atomic mass is 16.3. The Kier molecular flexibility index (Phi) is 3.95. The second-order valence-electron chi connectivity index (χ2n) is 3.95. The van der Waals surface area contributed by atoms with E-state index >= 15 is 0 Å². The van der Waals surface area contributed by atoms with Crippen LogP contribution < -0.4 is 11.3 Å². The molecule has 0 unspecified atom stereocenters. The number of amides is 1. The molecule has 0 aliphatic carbocycles. The number of carbonyl (C=O) groups excluding carboxylic acids is 1. The average Bonchev–Trinajstić information content (AvgIpc) is 2.46. The number of nitrogens with two attached hydrogens (primary N) is 1. The van der Waals surface area contributed by atoms with E-state index in [-0.39, 0.29) is 11.7 Å². The zero-order valence-corrected chi connectivity index (χ0v) is 10.2. The maximum atomic E-state index is 11.6. The van der Waals surface area contributed by atoms with Crippen LogP contribution in [0.1, 0.15) is 21.5 Å². The minimum atomic E-state index is -0.350. The van der Waals surface area contributed by atoms with Crippen molar-refractivity contribution >= 4 is 18.1 Å². The fraction of sp³-hybridized carbons (Fsp3) is 0. The first kappa shape index (κ1) is 12.9. The Balaban J connectivity index is 2.34. The summed E-state index contributed by atoms with van der Waals surface area (Å²) in [4.78, 5) is 11.6. The molecular formula is C15H14N2O2. The molecule has 0 aliphatic heterocycles. The van der Waals surface area contributed by atoms with Crippen molar-refractivity contribution in [3.05, 3.63) is 65.2 Å². The Morgan fingerprint density at radius 2 is 1.58 bits per heavy atom. The zero-order chi connectivity index (χ0) is 13.7. The number of hydrazine groups is 1. The van der Waals surface area contributed by atoms with E-state index < -0.39 is 0 Å². The lowest BCUT2D eigenvalue weighted by molar-refractivity contribution is 0.0953. The second-order valence-corrected chi connectivity index (χ2v) is 3.95. The number of aromatic hydroxyl groups is 1. The third-order valence-electron chi connectivity index (χ3n) is 2.72. The number of nitrogen functional groups attached to an aromatic ring is 1. The van der Waals surface area contributed by atoms with Gasteiger partial charge in [-0.2, -0.15) is 0 Å². The summed E-state index contributed by atoms with van der Waals surface area (Å²) >= 11 is 0. The lowest BCUT2D eigenvalue weighted by Crippen LogP contribution is -2.30. The molecule has 0 bridgehead atoms. The smallest absolute Gasteiger partial charge is 0.265 e. The first-order valence-corrected chi connectivity index (χ1v) is 5.78. The molecule has 0 spiro atoms. The normalized spacial score (nSPS) is 10.6. The van der Waals surface area contributed by atoms with E-state index in [0.29, 0.717) is 11.1 Å². The van der Waals surface area contributed by atoms with E-state index in [4.69, 9.17) is 5.84 Å². The SMILES string of the molecule is NNC(=O)c1ccccc1/C=C/c1ccccc1O. The maximum absolute atomic E-state index is 11.6. The highest BCUT2D eigenvalue weighted by molar-refractivity contribution is 5.98. The third-order valence-corrected chi connectivity index (χ3v) is 2.72. The van der Waals surface area contributed by atoms with Gasteiger partial charge in [0, 0.05) is 11.1 Å². The number of phenols is 1. The fourth-order valence-corrected chi connectivity index (χ4v) is 1.73. The zero-order valence-electron chi connectivity index (χ0n) is 10.2. The number of rotatable bonds is 3. The summed E-state index contributed by atoms with van der Waals surface area (Å²) in [5, 5.41) is 9.66. The van der Waals surface area contributed by atoms with Gasteiger partial charge in [-0.25, -0.2) is 5.84 Å². The third kappa shape index (κ3) is 3.00. The van der Waals surface area contributed by atoms with Crippen molar-refractivity contribution in [2.45, 2.75) is 0 Å². The summed E-state index contributed by atoms with van der Waals surface area (Å²) in [6, 6.07) is 14.1. The van der Waals surface area contributed by atoms with Gasteiger partial charge < -0.3 is 5.11 Å². The highest BCUT2D eigenvalue weighted by Crippen LogP contribution is 2.19. The standard InChI is InChI=1S/C15H14N2O2/c16-17-15(19)13-7-3-1-5-11(13)9-10-12-6-2-4-8-14(12)18/h1-10,18H,16H2,(H,17,19)/b10-9+. The molecule has 4 N–H and O–H groups in total. The molecule has 19 heavy (non-hydrogen) atoms. The molecule has 4 nitrogen and oxygen atoms in total. The number of nitrogens with one attached hydrogen (secondary N) is 1. The van der Waals surface area contributed by atoms with Gasteiger partial charge in [0.05, 0.1) is 0 Å². The van der Waals surface area contributed by atoms with Gasteiger partial charge in [-0.15, -0.1) is 0 Å². The quantitative estimate of drug-likeness (QED) is 0.340. The Bertz CT molecular complexity index is 621. The molecule has 0 atom stereocenters. The van der Waals surface area contributed by atoms with E-state index in [1.807, 2.05) is 12.1 Å². The number of carbonyl (C=O) groups is 1. The molecule has 0 fully saturated rings. The van der Waals surface area contributed by atoms with Crippen LogP contribution in [-0.4, -0.2) is 11.0 Å². The van der Waals surface area contributed by atoms with Crippen molar-refractivity contribution in [2.24, 2.45) is 5.84 Å². The van der Waals surface area contributed by atoms with Crippen LogP contribution in [-0.2, 0) is 0 Å². The Hall–Kier alpha value is -2.59. The maximum Gasteiger partial charge on any atom is 0.265 e. The lowest BCUT2D eigenvalue weighted by atomic mass is 10.1. The molecule has 1 amide bonds. The van der Waals surface area contributed by atoms with Crippen LogP contribution >= 0.6 is 0 Å². The Labute approximate surface area is 111 Å². The van der Waals surface area contributed by atoms with Gasteiger partial charge in [0.25, 0.3) is 5.91 Å². The number of phenolic OH excluding ortho intramolecular Hbond substituents is 1. The monoisotopic (exact) mass is 254 g/mol. The van der Waals surface area contributed by atoms with Gasteiger partial charge in [-0.3, -0.25) is 10.2 Å².